The topological polar surface area (TPSA) is 39.9 Å². The largest absolute Gasteiger partial charge is 0.460 e. The number of nitrogens with zero attached hydrogens (tertiary/aromatic N) is 2. The molecule has 130 valence electrons. The van der Waals surface area contributed by atoms with Crippen LogP contribution in [0.2, 0.25) is 0 Å². The fraction of sp³-hybridized carbons (Fsp3) is 0.600. The van der Waals surface area contributed by atoms with Crippen LogP contribution >= 0.6 is 0 Å². The van der Waals surface area contributed by atoms with E-state index in [1.54, 1.807) is 0 Å². The summed E-state index contributed by atoms with van der Waals surface area (Å²) in [6.45, 7) is 4.40. The molecule has 1 N–H and O–H groups in total. The Morgan fingerprint density at radius 3 is 2.75 bits per heavy atom. The minimum atomic E-state index is 0.284. The Bertz CT molecular complexity index is 629. The van der Waals surface area contributed by atoms with Crippen molar-refractivity contribution in [3.8, 4) is 0 Å². The third-order valence-corrected chi connectivity index (χ3v) is 5.72. The van der Waals surface area contributed by atoms with Crippen molar-refractivity contribution in [1.29, 1.82) is 0 Å². The maximum atomic E-state index is 9.49. The van der Waals surface area contributed by atoms with Gasteiger partial charge >= 0.3 is 0 Å². The van der Waals surface area contributed by atoms with Gasteiger partial charge in [-0.15, -0.1) is 0 Å². The quantitative estimate of drug-likeness (QED) is 0.915. The number of hydrogen-bond acceptors (Lipinski definition) is 4. The Morgan fingerprint density at radius 1 is 1.12 bits per heavy atom. The first-order valence-corrected chi connectivity index (χ1v) is 9.40. The first-order chi connectivity index (χ1) is 11.8. The van der Waals surface area contributed by atoms with Crippen LogP contribution in [0.5, 0.6) is 0 Å². The van der Waals surface area contributed by atoms with Gasteiger partial charge < -0.3 is 9.52 Å². The van der Waals surface area contributed by atoms with Gasteiger partial charge in [0.05, 0.1) is 6.54 Å². The number of aliphatic hydroxyl groups excluding tert-OH is 1. The van der Waals surface area contributed by atoms with E-state index in [0.717, 1.165) is 50.0 Å². The average molecular weight is 328 g/mol. The molecule has 1 saturated carbocycles. The van der Waals surface area contributed by atoms with Crippen molar-refractivity contribution >= 4 is 11.0 Å². The van der Waals surface area contributed by atoms with E-state index < -0.39 is 0 Å². The van der Waals surface area contributed by atoms with Gasteiger partial charge in [0.1, 0.15) is 11.3 Å². The van der Waals surface area contributed by atoms with Crippen molar-refractivity contribution < 1.29 is 9.52 Å². The highest BCUT2D eigenvalue weighted by Crippen LogP contribution is 2.28. The number of furan rings is 1. The van der Waals surface area contributed by atoms with E-state index >= 15 is 0 Å². The lowest BCUT2D eigenvalue weighted by Gasteiger charge is -2.44. The van der Waals surface area contributed by atoms with Crippen molar-refractivity contribution in [2.45, 2.75) is 50.7 Å². The molecule has 1 atom stereocenters. The van der Waals surface area contributed by atoms with Gasteiger partial charge in [0.2, 0.25) is 0 Å². The van der Waals surface area contributed by atoms with Gasteiger partial charge in [-0.2, -0.15) is 0 Å². The zero-order valence-electron chi connectivity index (χ0n) is 14.4. The molecule has 0 amide bonds. The lowest BCUT2D eigenvalue weighted by molar-refractivity contribution is 0.0245. The molecule has 0 bridgehead atoms. The van der Waals surface area contributed by atoms with Crippen LogP contribution < -0.4 is 0 Å². The number of rotatable bonds is 5. The fourth-order valence-electron chi connectivity index (χ4n) is 4.54. The summed E-state index contributed by atoms with van der Waals surface area (Å²) in [5.41, 5.74) is 0.976. The molecule has 1 aromatic heterocycles. The molecule has 4 heteroatoms. The van der Waals surface area contributed by atoms with Crippen LogP contribution in [0.15, 0.2) is 34.7 Å². The average Bonchev–Trinajstić information content (AvgIpc) is 3.24. The summed E-state index contributed by atoms with van der Waals surface area (Å²) < 4.78 is 5.99. The van der Waals surface area contributed by atoms with Crippen LogP contribution in [0, 0.1) is 0 Å². The van der Waals surface area contributed by atoms with Crippen molar-refractivity contribution in [3.05, 3.63) is 36.1 Å². The highest BCUT2D eigenvalue weighted by Gasteiger charge is 2.33. The molecule has 2 fully saturated rings. The maximum Gasteiger partial charge on any atom is 0.134 e. The van der Waals surface area contributed by atoms with Gasteiger partial charge in [-0.25, -0.2) is 0 Å². The summed E-state index contributed by atoms with van der Waals surface area (Å²) in [5.74, 6) is 1.05. The molecule has 1 saturated heterocycles. The number of aliphatic hydroxyl groups is 1. The SMILES string of the molecule is OCCC1CN(Cc2cc3ccccc3o2)CCN1C1CCCC1. The zero-order valence-corrected chi connectivity index (χ0v) is 14.4. The van der Waals surface area contributed by atoms with Crippen LogP contribution in [0.1, 0.15) is 37.9 Å². The number of para-hydroxylation sites is 1. The lowest BCUT2D eigenvalue weighted by atomic mass is 10.0. The van der Waals surface area contributed by atoms with E-state index in [1.165, 1.54) is 31.1 Å². The highest BCUT2D eigenvalue weighted by atomic mass is 16.3. The number of hydrogen-bond donors (Lipinski definition) is 1. The third kappa shape index (κ3) is 3.37. The van der Waals surface area contributed by atoms with Gasteiger partial charge in [0, 0.05) is 43.7 Å². The van der Waals surface area contributed by atoms with E-state index in [2.05, 4.69) is 28.0 Å². The van der Waals surface area contributed by atoms with Crippen molar-refractivity contribution in [1.82, 2.24) is 9.80 Å². The van der Waals surface area contributed by atoms with E-state index in [1.807, 2.05) is 12.1 Å². The standard InChI is InChI=1S/C20H28N2O2/c23-12-9-18-14-21(10-11-22(18)17-6-2-3-7-17)15-19-13-16-5-1-4-8-20(16)24-19/h1,4-5,8,13,17-18,23H,2-3,6-7,9-12,14-15H2. The molecule has 4 rings (SSSR count). The predicted molar refractivity (Wildman–Crippen MR) is 95.9 cm³/mol. The third-order valence-electron chi connectivity index (χ3n) is 5.72. The summed E-state index contributed by atoms with van der Waals surface area (Å²) in [5, 5.41) is 10.7. The van der Waals surface area contributed by atoms with Crippen molar-refractivity contribution in [2.75, 3.05) is 26.2 Å². The van der Waals surface area contributed by atoms with Gasteiger partial charge in [-0.3, -0.25) is 9.80 Å². The second kappa shape index (κ2) is 7.26. The molecule has 24 heavy (non-hydrogen) atoms. The van der Waals surface area contributed by atoms with Gasteiger partial charge in [-0.05, 0) is 31.4 Å². The van der Waals surface area contributed by atoms with E-state index in [-0.39, 0.29) is 6.61 Å². The van der Waals surface area contributed by atoms with Gasteiger partial charge in [-0.1, -0.05) is 31.0 Å². The molecule has 2 aromatic rings. The van der Waals surface area contributed by atoms with Crippen LogP contribution in [-0.2, 0) is 6.54 Å². The Labute approximate surface area is 144 Å². The number of piperazine rings is 1. The minimum Gasteiger partial charge on any atom is -0.460 e. The van der Waals surface area contributed by atoms with Crippen LogP contribution in [0.3, 0.4) is 0 Å². The molecule has 4 nitrogen and oxygen atoms in total. The molecule has 0 radical (unpaired) electrons. The second-order valence-electron chi connectivity index (χ2n) is 7.33. The summed E-state index contributed by atoms with van der Waals surface area (Å²) in [4.78, 5) is 5.17. The molecule has 1 aliphatic heterocycles. The summed E-state index contributed by atoms with van der Waals surface area (Å²) >= 11 is 0. The van der Waals surface area contributed by atoms with Crippen LogP contribution in [-0.4, -0.2) is 53.2 Å². The Hall–Kier alpha value is -1.36. The first kappa shape index (κ1) is 16.1. The highest BCUT2D eigenvalue weighted by molar-refractivity contribution is 5.77. The van der Waals surface area contributed by atoms with E-state index in [9.17, 15) is 5.11 Å². The first-order valence-electron chi connectivity index (χ1n) is 9.40. The van der Waals surface area contributed by atoms with Crippen molar-refractivity contribution in [2.24, 2.45) is 0 Å². The Kier molecular flexibility index (Phi) is 4.88. The molecule has 1 aliphatic carbocycles. The fourth-order valence-corrected chi connectivity index (χ4v) is 4.54. The number of fused-ring (bicyclic) bond motifs is 1. The Morgan fingerprint density at radius 2 is 1.96 bits per heavy atom. The lowest BCUT2D eigenvalue weighted by Crippen LogP contribution is -2.55. The maximum absolute atomic E-state index is 9.49. The Balaban J connectivity index is 1.43. The molecule has 1 aromatic carbocycles. The molecular weight excluding hydrogens is 300 g/mol. The normalized spacial score (nSPS) is 24.1. The summed E-state index contributed by atoms with van der Waals surface area (Å²) in [6, 6.07) is 11.6. The van der Waals surface area contributed by atoms with Gasteiger partial charge in [0.25, 0.3) is 0 Å². The zero-order chi connectivity index (χ0) is 16.4. The minimum absolute atomic E-state index is 0.284. The molecule has 2 aliphatic rings. The van der Waals surface area contributed by atoms with Gasteiger partial charge in [0.15, 0.2) is 0 Å². The predicted octanol–water partition coefficient (Wildman–Crippen LogP) is 3.24. The second-order valence-corrected chi connectivity index (χ2v) is 7.33. The summed E-state index contributed by atoms with van der Waals surface area (Å²) in [7, 11) is 0. The molecule has 2 heterocycles. The number of benzene rings is 1. The van der Waals surface area contributed by atoms with E-state index in [4.69, 9.17) is 4.42 Å². The van der Waals surface area contributed by atoms with E-state index in [0.29, 0.717) is 6.04 Å². The van der Waals surface area contributed by atoms with Crippen LogP contribution in [0.4, 0.5) is 0 Å². The molecule has 0 spiro atoms. The van der Waals surface area contributed by atoms with Crippen molar-refractivity contribution in [3.63, 3.8) is 0 Å². The van der Waals surface area contributed by atoms with Crippen LogP contribution in [0.25, 0.3) is 11.0 Å². The molecule has 1 unspecified atom stereocenters. The molecular formula is C20H28N2O2. The smallest absolute Gasteiger partial charge is 0.134 e. The monoisotopic (exact) mass is 328 g/mol. The summed E-state index contributed by atoms with van der Waals surface area (Å²) in [6.07, 6.45) is 6.30.